The van der Waals surface area contributed by atoms with Crippen LogP contribution in [-0.2, 0) is 4.79 Å². The summed E-state index contributed by atoms with van der Waals surface area (Å²) >= 11 is 0. The normalized spacial score (nSPS) is 10.4. The molecule has 0 fully saturated rings. The summed E-state index contributed by atoms with van der Waals surface area (Å²) in [5, 5.41) is 8.43. The molecule has 0 saturated carbocycles. The Morgan fingerprint density at radius 2 is 1.59 bits per heavy atom. The molecular formula is C21H27N3O3. The van der Waals surface area contributed by atoms with Gasteiger partial charge in [-0.15, -0.1) is 0 Å². The van der Waals surface area contributed by atoms with E-state index in [1.807, 2.05) is 24.3 Å². The van der Waals surface area contributed by atoms with Crippen LogP contribution in [-0.4, -0.2) is 32.0 Å². The van der Waals surface area contributed by atoms with Crippen LogP contribution < -0.4 is 20.7 Å². The fourth-order valence-electron chi connectivity index (χ4n) is 2.32. The Morgan fingerprint density at radius 1 is 0.963 bits per heavy atom. The Morgan fingerprint density at radius 3 is 2.19 bits per heavy atom. The Bertz CT molecular complexity index is 740. The van der Waals surface area contributed by atoms with Crippen LogP contribution in [0.3, 0.4) is 0 Å². The van der Waals surface area contributed by atoms with E-state index in [0.29, 0.717) is 23.8 Å². The van der Waals surface area contributed by atoms with E-state index in [0.717, 1.165) is 17.9 Å². The van der Waals surface area contributed by atoms with Gasteiger partial charge in [-0.25, -0.2) is 0 Å². The summed E-state index contributed by atoms with van der Waals surface area (Å²) in [4.78, 5) is 23.6. The second kappa shape index (κ2) is 10.2. The monoisotopic (exact) mass is 369 g/mol. The van der Waals surface area contributed by atoms with Crippen molar-refractivity contribution >= 4 is 23.2 Å². The Kier molecular flexibility index (Phi) is 7.67. The zero-order valence-electron chi connectivity index (χ0n) is 16.0. The summed E-state index contributed by atoms with van der Waals surface area (Å²) in [6.07, 6.45) is 1.01. The minimum absolute atomic E-state index is 0.131. The van der Waals surface area contributed by atoms with Crippen molar-refractivity contribution in [3.05, 3.63) is 54.1 Å². The van der Waals surface area contributed by atoms with E-state index in [1.54, 1.807) is 31.3 Å². The number of ether oxygens (including phenoxy) is 1. The summed E-state index contributed by atoms with van der Waals surface area (Å²) in [7, 11) is 1.59. The predicted molar refractivity (Wildman–Crippen MR) is 108 cm³/mol. The van der Waals surface area contributed by atoms with Crippen LogP contribution in [0.5, 0.6) is 5.75 Å². The molecule has 0 radical (unpaired) electrons. The number of carbonyl (C=O) groups is 2. The molecule has 0 heterocycles. The van der Waals surface area contributed by atoms with E-state index in [2.05, 4.69) is 29.8 Å². The number of nitrogens with one attached hydrogen (secondary N) is 3. The SMILES string of the molecule is CNC(=O)c1ccc(NCC(=O)Nc2ccc(OCCC(C)C)cc2)cc1. The standard InChI is InChI=1S/C21H27N3O3/c1-15(2)12-13-27-19-10-8-18(9-11-19)24-20(25)14-23-17-6-4-16(5-7-17)21(26)22-3/h4-11,15,23H,12-14H2,1-3H3,(H,22,26)(H,24,25). The smallest absolute Gasteiger partial charge is 0.251 e. The van der Waals surface area contributed by atoms with Crippen LogP contribution in [0.25, 0.3) is 0 Å². The molecule has 0 atom stereocenters. The summed E-state index contributed by atoms with van der Waals surface area (Å²) in [5.74, 6) is 1.11. The molecule has 6 nitrogen and oxygen atoms in total. The van der Waals surface area contributed by atoms with E-state index < -0.39 is 0 Å². The molecule has 0 saturated heterocycles. The maximum atomic E-state index is 12.1. The molecule has 0 aliphatic heterocycles. The van der Waals surface area contributed by atoms with Gasteiger partial charge in [0.05, 0.1) is 13.2 Å². The third kappa shape index (κ3) is 7.01. The number of hydrogen-bond acceptors (Lipinski definition) is 4. The lowest BCUT2D eigenvalue weighted by molar-refractivity contribution is -0.114. The lowest BCUT2D eigenvalue weighted by atomic mass is 10.1. The lowest BCUT2D eigenvalue weighted by Crippen LogP contribution is -2.22. The molecule has 0 spiro atoms. The van der Waals surface area contributed by atoms with Crippen molar-refractivity contribution in [1.29, 1.82) is 0 Å². The van der Waals surface area contributed by atoms with Crippen LogP contribution in [0, 0.1) is 5.92 Å². The number of hydrogen-bond donors (Lipinski definition) is 3. The van der Waals surface area contributed by atoms with Crippen molar-refractivity contribution in [3.8, 4) is 5.75 Å². The fourth-order valence-corrected chi connectivity index (χ4v) is 2.32. The predicted octanol–water partition coefficient (Wildman–Crippen LogP) is 3.52. The zero-order chi connectivity index (χ0) is 19.6. The molecule has 2 amide bonds. The number of anilines is 2. The van der Waals surface area contributed by atoms with E-state index in [-0.39, 0.29) is 18.4 Å². The van der Waals surface area contributed by atoms with Crippen molar-refractivity contribution in [2.24, 2.45) is 5.92 Å². The van der Waals surface area contributed by atoms with Gasteiger partial charge < -0.3 is 20.7 Å². The van der Waals surface area contributed by atoms with Gasteiger partial charge in [-0.3, -0.25) is 9.59 Å². The van der Waals surface area contributed by atoms with Gasteiger partial charge in [-0.1, -0.05) is 13.8 Å². The first-order valence-electron chi connectivity index (χ1n) is 9.06. The molecule has 0 bridgehead atoms. The van der Waals surface area contributed by atoms with Gasteiger partial charge in [0, 0.05) is 24.0 Å². The van der Waals surface area contributed by atoms with Crippen LogP contribution in [0.4, 0.5) is 11.4 Å². The van der Waals surface area contributed by atoms with Gasteiger partial charge in [0.25, 0.3) is 5.91 Å². The fraction of sp³-hybridized carbons (Fsp3) is 0.333. The first kappa shape index (κ1) is 20.3. The minimum Gasteiger partial charge on any atom is -0.494 e. The van der Waals surface area contributed by atoms with Gasteiger partial charge in [-0.05, 0) is 60.9 Å². The summed E-state index contributed by atoms with van der Waals surface area (Å²) in [6, 6.07) is 14.3. The molecule has 0 aliphatic rings. The average Bonchev–Trinajstić information content (AvgIpc) is 2.67. The van der Waals surface area contributed by atoms with E-state index in [4.69, 9.17) is 4.74 Å². The molecule has 2 aromatic rings. The molecule has 27 heavy (non-hydrogen) atoms. The Hall–Kier alpha value is -3.02. The van der Waals surface area contributed by atoms with Gasteiger partial charge in [0.1, 0.15) is 5.75 Å². The van der Waals surface area contributed by atoms with Crippen molar-refractivity contribution < 1.29 is 14.3 Å². The van der Waals surface area contributed by atoms with Crippen LogP contribution in [0.1, 0.15) is 30.6 Å². The molecule has 0 aliphatic carbocycles. The minimum atomic E-state index is -0.154. The first-order valence-corrected chi connectivity index (χ1v) is 9.06. The molecular weight excluding hydrogens is 342 g/mol. The highest BCUT2D eigenvalue weighted by Gasteiger charge is 2.05. The van der Waals surface area contributed by atoms with Crippen molar-refractivity contribution in [2.75, 3.05) is 30.8 Å². The lowest BCUT2D eigenvalue weighted by Gasteiger charge is -2.10. The van der Waals surface area contributed by atoms with Crippen LogP contribution in [0.2, 0.25) is 0 Å². The summed E-state index contributed by atoms with van der Waals surface area (Å²) < 4.78 is 5.66. The van der Waals surface area contributed by atoms with Crippen LogP contribution in [0.15, 0.2) is 48.5 Å². The largest absolute Gasteiger partial charge is 0.494 e. The van der Waals surface area contributed by atoms with Crippen molar-refractivity contribution in [2.45, 2.75) is 20.3 Å². The zero-order valence-corrected chi connectivity index (χ0v) is 16.0. The quantitative estimate of drug-likeness (QED) is 0.632. The van der Waals surface area contributed by atoms with Crippen molar-refractivity contribution in [3.63, 3.8) is 0 Å². The van der Waals surface area contributed by atoms with Gasteiger partial charge in [0.15, 0.2) is 0 Å². The third-order valence-corrected chi connectivity index (χ3v) is 3.93. The number of amides is 2. The van der Waals surface area contributed by atoms with Crippen molar-refractivity contribution in [1.82, 2.24) is 5.32 Å². The summed E-state index contributed by atoms with van der Waals surface area (Å²) in [6.45, 7) is 5.14. The Labute approximate surface area is 160 Å². The van der Waals surface area contributed by atoms with E-state index >= 15 is 0 Å². The summed E-state index contributed by atoms with van der Waals surface area (Å²) in [5.41, 5.74) is 2.06. The molecule has 144 valence electrons. The van der Waals surface area contributed by atoms with E-state index in [9.17, 15) is 9.59 Å². The highest BCUT2D eigenvalue weighted by atomic mass is 16.5. The maximum absolute atomic E-state index is 12.1. The van der Waals surface area contributed by atoms with Gasteiger partial charge >= 0.3 is 0 Å². The van der Waals surface area contributed by atoms with Gasteiger partial charge in [0.2, 0.25) is 5.91 Å². The molecule has 2 aromatic carbocycles. The maximum Gasteiger partial charge on any atom is 0.251 e. The third-order valence-electron chi connectivity index (χ3n) is 3.93. The second-order valence-corrected chi connectivity index (χ2v) is 6.61. The molecule has 0 unspecified atom stereocenters. The van der Waals surface area contributed by atoms with E-state index in [1.165, 1.54) is 0 Å². The number of benzene rings is 2. The molecule has 6 heteroatoms. The topological polar surface area (TPSA) is 79.5 Å². The highest BCUT2D eigenvalue weighted by Crippen LogP contribution is 2.16. The Balaban J connectivity index is 1.77. The number of rotatable bonds is 9. The van der Waals surface area contributed by atoms with Gasteiger partial charge in [-0.2, -0.15) is 0 Å². The highest BCUT2D eigenvalue weighted by molar-refractivity contribution is 5.95. The van der Waals surface area contributed by atoms with Crippen LogP contribution >= 0.6 is 0 Å². The molecule has 3 N–H and O–H groups in total. The number of carbonyl (C=O) groups excluding carboxylic acids is 2. The second-order valence-electron chi connectivity index (χ2n) is 6.61. The average molecular weight is 369 g/mol. The molecule has 0 aromatic heterocycles. The first-order chi connectivity index (χ1) is 13.0. The molecule has 2 rings (SSSR count).